The van der Waals surface area contributed by atoms with Gasteiger partial charge in [-0.1, -0.05) is 24.3 Å². The lowest BCUT2D eigenvalue weighted by Crippen LogP contribution is -2.11. The number of hydrogen-bond donors (Lipinski definition) is 2. The van der Waals surface area contributed by atoms with Crippen molar-refractivity contribution in [2.24, 2.45) is 5.14 Å². The van der Waals surface area contributed by atoms with E-state index < -0.39 is 10.0 Å². The van der Waals surface area contributed by atoms with Crippen LogP contribution >= 0.6 is 0 Å². The summed E-state index contributed by atoms with van der Waals surface area (Å²) in [6, 6.07) is 17.9. The van der Waals surface area contributed by atoms with E-state index in [0.29, 0.717) is 0 Å². The molecule has 0 aliphatic rings. The molecule has 118 valence electrons. The summed E-state index contributed by atoms with van der Waals surface area (Å²) in [4.78, 5) is 0.0895. The van der Waals surface area contributed by atoms with Crippen LogP contribution in [0, 0.1) is 0 Å². The van der Waals surface area contributed by atoms with Gasteiger partial charge in [0.1, 0.15) is 0 Å². The third-order valence-corrected chi connectivity index (χ3v) is 4.55. The lowest BCUT2D eigenvalue weighted by atomic mass is 10.1. The molecule has 6 heteroatoms. The lowest BCUT2D eigenvalue weighted by molar-refractivity contribution is 0.282. The molecule has 2 aromatic carbocycles. The quantitative estimate of drug-likeness (QED) is 0.770. The molecule has 3 aromatic rings. The van der Waals surface area contributed by atoms with E-state index >= 15 is 0 Å². The van der Waals surface area contributed by atoms with Crippen molar-refractivity contribution in [1.29, 1.82) is 0 Å². The molecule has 0 spiro atoms. The van der Waals surface area contributed by atoms with Crippen LogP contribution in [0.5, 0.6) is 0 Å². The van der Waals surface area contributed by atoms with E-state index in [-0.39, 0.29) is 11.5 Å². The van der Waals surface area contributed by atoms with Crippen LogP contribution in [0.25, 0.3) is 16.9 Å². The average Bonchev–Trinajstić information content (AvgIpc) is 3.04. The number of aromatic nitrogens is 1. The van der Waals surface area contributed by atoms with Gasteiger partial charge in [-0.3, -0.25) is 0 Å². The number of hydrogen-bond acceptors (Lipinski definition) is 3. The Balaban J connectivity index is 2.00. The Labute approximate surface area is 134 Å². The minimum atomic E-state index is -3.69. The van der Waals surface area contributed by atoms with Gasteiger partial charge in [0.15, 0.2) is 0 Å². The summed E-state index contributed by atoms with van der Waals surface area (Å²) in [5, 5.41) is 14.2. The fourth-order valence-electron chi connectivity index (χ4n) is 2.42. The first kappa shape index (κ1) is 15.5. The lowest BCUT2D eigenvalue weighted by Gasteiger charge is -2.10. The van der Waals surface area contributed by atoms with Gasteiger partial charge in [-0.25, -0.2) is 13.6 Å². The summed E-state index contributed by atoms with van der Waals surface area (Å²) < 4.78 is 24.7. The number of aliphatic hydroxyl groups is 1. The molecule has 0 unspecified atom stereocenters. The predicted octanol–water partition coefficient (Wildman–Crippen LogP) is 2.28. The zero-order valence-corrected chi connectivity index (χ0v) is 13.1. The molecular weight excluding hydrogens is 312 g/mol. The number of rotatable bonds is 4. The summed E-state index contributed by atoms with van der Waals surface area (Å²) >= 11 is 0. The SMILES string of the molecule is NS(=O)(=O)c1ccc(-c2cccn2-c2ccc(CO)cc2)cc1. The minimum absolute atomic E-state index is 0.00778. The van der Waals surface area contributed by atoms with E-state index in [1.54, 1.807) is 12.1 Å². The summed E-state index contributed by atoms with van der Waals surface area (Å²) in [5.74, 6) is 0. The summed E-state index contributed by atoms with van der Waals surface area (Å²) in [7, 11) is -3.69. The van der Waals surface area contributed by atoms with Gasteiger partial charge in [0.2, 0.25) is 10.0 Å². The number of nitrogens with two attached hydrogens (primary N) is 1. The third kappa shape index (κ3) is 3.19. The Kier molecular flexibility index (Phi) is 4.04. The van der Waals surface area contributed by atoms with Crippen molar-refractivity contribution < 1.29 is 13.5 Å². The zero-order valence-electron chi connectivity index (χ0n) is 12.3. The second-order valence-corrected chi connectivity index (χ2v) is 6.72. The maximum atomic E-state index is 11.3. The summed E-state index contributed by atoms with van der Waals surface area (Å²) in [6.07, 6.45) is 1.93. The van der Waals surface area contributed by atoms with Gasteiger partial charge >= 0.3 is 0 Å². The van der Waals surface area contributed by atoms with Crippen LogP contribution in [0.1, 0.15) is 5.56 Å². The third-order valence-electron chi connectivity index (χ3n) is 3.62. The molecule has 1 aromatic heterocycles. The van der Waals surface area contributed by atoms with Crippen molar-refractivity contribution in [3.05, 3.63) is 72.4 Å². The van der Waals surface area contributed by atoms with Gasteiger partial charge in [0.25, 0.3) is 0 Å². The zero-order chi connectivity index (χ0) is 16.4. The molecule has 3 N–H and O–H groups in total. The second kappa shape index (κ2) is 6.00. The van der Waals surface area contributed by atoms with Gasteiger partial charge in [-0.2, -0.15) is 0 Å². The van der Waals surface area contributed by atoms with E-state index in [0.717, 1.165) is 22.5 Å². The standard InChI is InChI=1S/C17H16N2O3S/c18-23(21,22)16-9-5-14(6-10-16)17-2-1-11-19(17)15-7-3-13(12-20)4-8-15/h1-11,20H,12H2,(H2,18,21,22). The molecule has 1 heterocycles. The Morgan fingerprint density at radius 2 is 1.61 bits per heavy atom. The van der Waals surface area contributed by atoms with Crippen molar-refractivity contribution in [3.63, 3.8) is 0 Å². The van der Waals surface area contributed by atoms with Crippen molar-refractivity contribution in [2.45, 2.75) is 11.5 Å². The minimum Gasteiger partial charge on any atom is -0.392 e. The van der Waals surface area contributed by atoms with Crippen molar-refractivity contribution in [3.8, 4) is 16.9 Å². The number of sulfonamides is 1. The van der Waals surface area contributed by atoms with E-state index in [1.807, 2.05) is 47.2 Å². The van der Waals surface area contributed by atoms with Gasteiger partial charge in [0.05, 0.1) is 17.2 Å². The molecule has 3 rings (SSSR count). The van der Waals surface area contributed by atoms with E-state index in [9.17, 15) is 8.42 Å². The summed E-state index contributed by atoms with van der Waals surface area (Å²) in [6.45, 7) is 0.00778. The monoisotopic (exact) mass is 328 g/mol. The molecule has 0 saturated heterocycles. The first-order valence-electron chi connectivity index (χ1n) is 7.00. The molecule has 0 aliphatic carbocycles. The van der Waals surface area contributed by atoms with Crippen LogP contribution in [-0.4, -0.2) is 18.1 Å². The highest BCUT2D eigenvalue weighted by Gasteiger charge is 2.10. The van der Waals surface area contributed by atoms with Crippen LogP contribution in [0.15, 0.2) is 71.8 Å². The summed E-state index contributed by atoms with van der Waals surface area (Å²) in [5.41, 5.74) is 3.62. The molecule has 0 aliphatic heterocycles. The number of primary sulfonamides is 1. The van der Waals surface area contributed by atoms with Crippen LogP contribution in [0.3, 0.4) is 0 Å². The average molecular weight is 328 g/mol. The van der Waals surface area contributed by atoms with Gasteiger partial charge in [-0.05, 0) is 47.5 Å². The fraction of sp³-hybridized carbons (Fsp3) is 0.0588. The van der Waals surface area contributed by atoms with E-state index in [1.165, 1.54) is 12.1 Å². The van der Waals surface area contributed by atoms with Crippen molar-refractivity contribution >= 4 is 10.0 Å². The predicted molar refractivity (Wildman–Crippen MR) is 88.5 cm³/mol. The number of benzene rings is 2. The molecular formula is C17H16N2O3S. The number of aliphatic hydroxyl groups excluding tert-OH is 1. The first-order chi connectivity index (χ1) is 11.0. The van der Waals surface area contributed by atoms with Gasteiger partial charge in [-0.15, -0.1) is 0 Å². The molecule has 0 fully saturated rings. The van der Waals surface area contributed by atoms with Crippen LogP contribution in [0.4, 0.5) is 0 Å². The molecule has 0 atom stereocenters. The molecule has 0 saturated carbocycles. The van der Waals surface area contributed by atoms with Crippen molar-refractivity contribution in [1.82, 2.24) is 4.57 Å². The Morgan fingerprint density at radius 3 is 2.17 bits per heavy atom. The van der Waals surface area contributed by atoms with Gasteiger partial charge in [0, 0.05) is 11.9 Å². The normalized spacial score (nSPS) is 11.6. The van der Waals surface area contributed by atoms with Gasteiger partial charge < -0.3 is 9.67 Å². The highest BCUT2D eigenvalue weighted by atomic mass is 32.2. The Morgan fingerprint density at radius 1 is 0.957 bits per heavy atom. The largest absolute Gasteiger partial charge is 0.392 e. The Hall–Kier alpha value is -2.41. The fourth-order valence-corrected chi connectivity index (χ4v) is 2.93. The number of nitrogens with zero attached hydrogens (tertiary/aromatic N) is 1. The molecule has 0 bridgehead atoms. The first-order valence-corrected chi connectivity index (χ1v) is 8.54. The molecule has 0 amide bonds. The maximum Gasteiger partial charge on any atom is 0.238 e. The smallest absolute Gasteiger partial charge is 0.238 e. The second-order valence-electron chi connectivity index (χ2n) is 5.16. The van der Waals surface area contributed by atoms with Crippen molar-refractivity contribution in [2.75, 3.05) is 0 Å². The van der Waals surface area contributed by atoms with Crippen LogP contribution < -0.4 is 5.14 Å². The molecule has 0 radical (unpaired) electrons. The highest BCUT2D eigenvalue weighted by Crippen LogP contribution is 2.25. The topological polar surface area (TPSA) is 85.3 Å². The molecule has 23 heavy (non-hydrogen) atoms. The highest BCUT2D eigenvalue weighted by molar-refractivity contribution is 7.89. The van der Waals surface area contributed by atoms with Crippen LogP contribution in [-0.2, 0) is 16.6 Å². The van der Waals surface area contributed by atoms with E-state index in [2.05, 4.69) is 0 Å². The molecule has 5 nitrogen and oxygen atoms in total. The van der Waals surface area contributed by atoms with Crippen LogP contribution in [0.2, 0.25) is 0 Å². The Bertz CT molecular complexity index is 911. The van der Waals surface area contributed by atoms with E-state index in [4.69, 9.17) is 10.2 Å². The maximum absolute atomic E-state index is 11.3.